The standard InChI is InChI=1S/C21H30N4O2/c1-16(2)25-10-11-27-20(15-25)14-23-6-8-24(9-7-23)21-12-18(17(3)26)4-5-19(21)13-22/h4-5,12,16,20H,6-11,14-15H2,1-3H3. The lowest BCUT2D eigenvalue weighted by molar-refractivity contribution is -0.0525. The lowest BCUT2D eigenvalue weighted by Gasteiger charge is -2.41. The van der Waals surface area contributed by atoms with Gasteiger partial charge in [-0.15, -0.1) is 0 Å². The fourth-order valence-corrected chi connectivity index (χ4v) is 3.89. The van der Waals surface area contributed by atoms with Crippen molar-refractivity contribution in [2.45, 2.75) is 32.9 Å². The van der Waals surface area contributed by atoms with Gasteiger partial charge in [0.2, 0.25) is 0 Å². The molecule has 3 rings (SSSR count). The minimum atomic E-state index is 0.0310. The van der Waals surface area contributed by atoms with Crippen molar-refractivity contribution in [1.29, 1.82) is 5.26 Å². The SMILES string of the molecule is CC(=O)c1ccc(C#N)c(N2CCN(CC3CN(C(C)C)CCO3)CC2)c1. The number of morpholine rings is 1. The predicted molar refractivity (Wildman–Crippen MR) is 106 cm³/mol. The number of hydrogen-bond acceptors (Lipinski definition) is 6. The van der Waals surface area contributed by atoms with Gasteiger partial charge in [-0.1, -0.05) is 0 Å². The van der Waals surface area contributed by atoms with E-state index in [1.54, 1.807) is 19.1 Å². The first-order valence-corrected chi connectivity index (χ1v) is 9.86. The van der Waals surface area contributed by atoms with Gasteiger partial charge in [0.1, 0.15) is 6.07 Å². The molecule has 0 aromatic heterocycles. The van der Waals surface area contributed by atoms with Gasteiger partial charge >= 0.3 is 0 Å². The third kappa shape index (κ3) is 4.86. The second kappa shape index (κ2) is 8.83. The van der Waals surface area contributed by atoms with E-state index in [0.717, 1.165) is 58.1 Å². The normalized spacial score (nSPS) is 22.0. The molecule has 6 heteroatoms. The summed E-state index contributed by atoms with van der Waals surface area (Å²) in [4.78, 5) is 18.9. The van der Waals surface area contributed by atoms with Crippen LogP contribution in [0.5, 0.6) is 0 Å². The van der Waals surface area contributed by atoms with Gasteiger partial charge in [0.05, 0.1) is 24.0 Å². The van der Waals surface area contributed by atoms with E-state index in [1.807, 2.05) is 6.07 Å². The van der Waals surface area contributed by atoms with Crippen molar-refractivity contribution >= 4 is 11.5 Å². The average Bonchev–Trinajstić information content (AvgIpc) is 2.68. The molecule has 2 fully saturated rings. The third-order valence-corrected chi connectivity index (χ3v) is 5.60. The fraction of sp³-hybridized carbons (Fsp3) is 0.619. The zero-order chi connectivity index (χ0) is 19.4. The molecule has 0 N–H and O–H groups in total. The molecule has 146 valence electrons. The first-order chi connectivity index (χ1) is 13.0. The third-order valence-electron chi connectivity index (χ3n) is 5.60. The first-order valence-electron chi connectivity index (χ1n) is 9.86. The Morgan fingerprint density at radius 1 is 1.26 bits per heavy atom. The van der Waals surface area contributed by atoms with E-state index >= 15 is 0 Å². The number of Topliss-reactive ketones (excluding diaryl/α,β-unsaturated/α-hetero) is 1. The smallest absolute Gasteiger partial charge is 0.159 e. The first kappa shape index (κ1) is 19.8. The van der Waals surface area contributed by atoms with Crippen molar-refractivity contribution in [3.05, 3.63) is 29.3 Å². The van der Waals surface area contributed by atoms with Crippen LogP contribution in [-0.2, 0) is 4.74 Å². The number of benzene rings is 1. The van der Waals surface area contributed by atoms with Gasteiger partial charge in [-0.05, 0) is 39.0 Å². The maximum absolute atomic E-state index is 11.7. The molecule has 1 atom stereocenters. The van der Waals surface area contributed by atoms with E-state index in [0.29, 0.717) is 17.2 Å². The summed E-state index contributed by atoms with van der Waals surface area (Å²) in [6.45, 7) is 13.4. The summed E-state index contributed by atoms with van der Waals surface area (Å²) in [6.07, 6.45) is 0.267. The summed E-state index contributed by atoms with van der Waals surface area (Å²) in [5, 5.41) is 9.42. The second-order valence-corrected chi connectivity index (χ2v) is 7.77. The highest BCUT2D eigenvalue weighted by atomic mass is 16.5. The van der Waals surface area contributed by atoms with Crippen molar-refractivity contribution in [2.24, 2.45) is 0 Å². The highest BCUT2D eigenvalue weighted by Crippen LogP contribution is 2.24. The van der Waals surface area contributed by atoms with Gasteiger partial charge < -0.3 is 9.64 Å². The number of ketones is 1. The minimum Gasteiger partial charge on any atom is -0.374 e. The minimum absolute atomic E-state index is 0.0310. The molecule has 0 spiro atoms. The molecule has 1 unspecified atom stereocenters. The maximum atomic E-state index is 11.7. The Hall–Kier alpha value is -1.94. The predicted octanol–water partition coefficient (Wildman–Crippen LogP) is 1.99. The highest BCUT2D eigenvalue weighted by molar-refractivity contribution is 5.95. The molecule has 2 heterocycles. The molecule has 0 amide bonds. The Kier molecular flexibility index (Phi) is 6.48. The number of ether oxygens (including phenoxy) is 1. The Bertz CT molecular complexity index is 705. The van der Waals surface area contributed by atoms with E-state index < -0.39 is 0 Å². The van der Waals surface area contributed by atoms with Crippen LogP contribution in [0.3, 0.4) is 0 Å². The molecule has 2 aliphatic heterocycles. The molecule has 1 aromatic carbocycles. The summed E-state index contributed by atoms with van der Waals surface area (Å²) in [5.74, 6) is 0.0310. The van der Waals surface area contributed by atoms with E-state index in [9.17, 15) is 10.1 Å². The number of anilines is 1. The topological polar surface area (TPSA) is 59.8 Å². The van der Waals surface area contributed by atoms with Gasteiger partial charge in [-0.3, -0.25) is 14.6 Å². The van der Waals surface area contributed by atoms with Crippen molar-refractivity contribution in [3.63, 3.8) is 0 Å². The van der Waals surface area contributed by atoms with Crippen molar-refractivity contribution < 1.29 is 9.53 Å². The van der Waals surface area contributed by atoms with Crippen LogP contribution >= 0.6 is 0 Å². The monoisotopic (exact) mass is 370 g/mol. The number of carbonyl (C=O) groups excluding carboxylic acids is 1. The van der Waals surface area contributed by atoms with E-state index in [4.69, 9.17) is 4.74 Å². The number of nitrogens with zero attached hydrogens (tertiary/aromatic N) is 4. The molecule has 0 radical (unpaired) electrons. The van der Waals surface area contributed by atoms with E-state index in [2.05, 4.69) is 34.6 Å². The molecule has 1 aromatic rings. The summed E-state index contributed by atoms with van der Waals surface area (Å²) < 4.78 is 5.97. The maximum Gasteiger partial charge on any atom is 0.159 e. The van der Waals surface area contributed by atoms with Crippen LogP contribution in [-0.4, -0.2) is 80.1 Å². The van der Waals surface area contributed by atoms with Crippen LogP contribution in [0.1, 0.15) is 36.7 Å². The van der Waals surface area contributed by atoms with Gasteiger partial charge in [0, 0.05) is 57.4 Å². The van der Waals surface area contributed by atoms with Crippen molar-refractivity contribution in [3.8, 4) is 6.07 Å². The van der Waals surface area contributed by atoms with Gasteiger partial charge in [-0.2, -0.15) is 5.26 Å². The van der Waals surface area contributed by atoms with Crippen LogP contribution in [0.2, 0.25) is 0 Å². The Morgan fingerprint density at radius 2 is 2.00 bits per heavy atom. The molecule has 0 aliphatic carbocycles. The number of piperazine rings is 1. The van der Waals surface area contributed by atoms with E-state index in [-0.39, 0.29) is 11.9 Å². The lowest BCUT2D eigenvalue weighted by atomic mass is 10.1. The average molecular weight is 370 g/mol. The van der Waals surface area contributed by atoms with Gasteiger partial charge in [-0.25, -0.2) is 0 Å². The Labute approximate surface area is 162 Å². The fourth-order valence-electron chi connectivity index (χ4n) is 3.89. The van der Waals surface area contributed by atoms with Crippen molar-refractivity contribution in [2.75, 3.05) is 57.3 Å². The number of hydrogen-bond donors (Lipinski definition) is 0. The number of carbonyl (C=O) groups is 1. The second-order valence-electron chi connectivity index (χ2n) is 7.77. The summed E-state index contributed by atoms with van der Waals surface area (Å²) in [7, 11) is 0. The van der Waals surface area contributed by atoms with Crippen LogP contribution in [0.4, 0.5) is 5.69 Å². The lowest BCUT2D eigenvalue weighted by Crippen LogP contribution is -2.53. The molecule has 0 bridgehead atoms. The zero-order valence-electron chi connectivity index (χ0n) is 16.6. The van der Waals surface area contributed by atoms with Gasteiger partial charge in [0.25, 0.3) is 0 Å². The van der Waals surface area contributed by atoms with Crippen LogP contribution in [0, 0.1) is 11.3 Å². The molecule has 2 aliphatic rings. The molecule has 6 nitrogen and oxygen atoms in total. The highest BCUT2D eigenvalue weighted by Gasteiger charge is 2.26. The number of rotatable bonds is 5. The van der Waals surface area contributed by atoms with Crippen molar-refractivity contribution in [1.82, 2.24) is 9.80 Å². The quantitative estimate of drug-likeness (QED) is 0.739. The van der Waals surface area contributed by atoms with Crippen LogP contribution in [0.25, 0.3) is 0 Å². The molecular weight excluding hydrogens is 340 g/mol. The molecule has 2 saturated heterocycles. The molecular formula is C21H30N4O2. The largest absolute Gasteiger partial charge is 0.374 e. The van der Waals surface area contributed by atoms with Gasteiger partial charge in [0.15, 0.2) is 5.78 Å². The van der Waals surface area contributed by atoms with Crippen LogP contribution < -0.4 is 4.90 Å². The summed E-state index contributed by atoms with van der Waals surface area (Å²) >= 11 is 0. The zero-order valence-corrected chi connectivity index (χ0v) is 16.6. The Balaban J connectivity index is 1.58. The molecule has 0 saturated carbocycles. The number of nitriles is 1. The Morgan fingerprint density at radius 3 is 2.63 bits per heavy atom. The summed E-state index contributed by atoms with van der Waals surface area (Å²) in [5.41, 5.74) is 2.18. The van der Waals surface area contributed by atoms with Crippen LogP contribution in [0.15, 0.2) is 18.2 Å². The molecule has 27 heavy (non-hydrogen) atoms. The summed E-state index contributed by atoms with van der Waals surface area (Å²) in [6, 6.07) is 8.18. The van der Waals surface area contributed by atoms with E-state index in [1.165, 1.54) is 0 Å².